The first-order chi connectivity index (χ1) is 16.9. The topological polar surface area (TPSA) is 46.6 Å². The Morgan fingerprint density at radius 2 is 1.20 bits per heavy atom. The average molecular weight is 595 g/mol. The number of hydrogen-bond acceptors (Lipinski definition) is 3. The maximum Gasteiger partial charge on any atom is 0.239 e. The molecule has 3 aromatic carbocycles. The van der Waals surface area contributed by atoms with Gasteiger partial charge in [0.15, 0.2) is 0 Å². The summed E-state index contributed by atoms with van der Waals surface area (Å²) >= 11 is 8.08. The van der Waals surface area contributed by atoms with Gasteiger partial charge in [0.1, 0.15) is 5.75 Å². The van der Waals surface area contributed by atoms with Crippen molar-refractivity contribution in [2.45, 2.75) is 34.8 Å². The van der Waals surface area contributed by atoms with E-state index in [1.165, 1.54) is 4.90 Å². The molecule has 3 aliphatic carbocycles. The standard InChI is InChI=1S/C29H25Br2NO3/c1-2-3-8-17-35-19-15-13-18(14-16-19)32-26(33)24-25(27(32)34)29(31)21-10-5-4-9-20(21)28(24,30)22-11-6-7-12-23(22)29/h4-7,9-16,24-25H,2-3,8,17H2,1H3/t24-,25-,28?,29?/m0/s1. The van der Waals surface area contributed by atoms with Crippen LogP contribution in [-0.2, 0) is 18.2 Å². The number of nitrogens with zero attached hydrogens (tertiary/aromatic N) is 1. The summed E-state index contributed by atoms with van der Waals surface area (Å²) in [6.45, 7) is 2.82. The maximum absolute atomic E-state index is 14.1. The third-order valence-corrected chi connectivity index (χ3v) is 10.4. The van der Waals surface area contributed by atoms with Gasteiger partial charge in [0.2, 0.25) is 11.8 Å². The van der Waals surface area contributed by atoms with E-state index in [2.05, 4.69) is 63.0 Å². The van der Waals surface area contributed by atoms with Crippen molar-refractivity contribution in [3.63, 3.8) is 0 Å². The molecule has 1 saturated heterocycles. The zero-order chi connectivity index (χ0) is 24.4. The highest BCUT2D eigenvalue weighted by atomic mass is 79.9. The van der Waals surface area contributed by atoms with Gasteiger partial charge in [0.05, 0.1) is 32.8 Å². The van der Waals surface area contributed by atoms with Gasteiger partial charge < -0.3 is 4.74 Å². The fourth-order valence-corrected chi connectivity index (χ4v) is 8.46. The van der Waals surface area contributed by atoms with Gasteiger partial charge in [-0.15, -0.1) is 0 Å². The number of imide groups is 1. The highest BCUT2D eigenvalue weighted by molar-refractivity contribution is 9.10. The molecular weight excluding hydrogens is 570 g/mol. The molecular formula is C29H25Br2NO3. The number of hydrogen-bond donors (Lipinski definition) is 0. The van der Waals surface area contributed by atoms with Gasteiger partial charge in [-0.2, -0.15) is 0 Å². The largest absolute Gasteiger partial charge is 0.494 e. The van der Waals surface area contributed by atoms with Crippen molar-refractivity contribution in [2.75, 3.05) is 11.5 Å². The third-order valence-electron chi connectivity index (χ3n) is 7.70. The molecule has 0 radical (unpaired) electrons. The normalized spacial score (nSPS) is 28.0. The van der Waals surface area contributed by atoms with Gasteiger partial charge in [-0.3, -0.25) is 9.59 Å². The first-order valence-corrected chi connectivity index (χ1v) is 13.7. The summed E-state index contributed by atoms with van der Waals surface area (Å²) in [6, 6.07) is 23.6. The minimum absolute atomic E-state index is 0.179. The highest BCUT2D eigenvalue weighted by Gasteiger charge is 2.72. The maximum atomic E-state index is 14.1. The van der Waals surface area contributed by atoms with Gasteiger partial charge in [-0.25, -0.2) is 4.90 Å². The van der Waals surface area contributed by atoms with E-state index in [4.69, 9.17) is 4.74 Å². The molecule has 4 nitrogen and oxygen atoms in total. The molecule has 2 atom stereocenters. The molecule has 6 heteroatoms. The van der Waals surface area contributed by atoms with Crippen molar-refractivity contribution in [3.8, 4) is 5.75 Å². The molecule has 35 heavy (non-hydrogen) atoms. The van der Waals surface area contributed by atoms with Crippen molar-refractivity contribution < 1.29 is 14.3 Å². The fraction of sp³-hybridized carbons (Fsp3) is 0.310. The molecule has 4 aliphatic rings. The van der Waals surface area contributed by atoms with Crippen molar-refractivity contribution in [2.24, 2.45) is 11.8 Å². The lowest BCUT2D eigenvalue weighted by atomic mass is 9.54. The molecule has 0 aromatic heterocycles. The molecule has 0 saturated carbocycles. The molecule has 1 heterocycles. The number of alkyl halides is 2. The van der Waals surface area contributed by atoms with Crippen LogP contribution in [0.4, 0.5) is 5.69 Å². The Morgan fingerprint density at radius 3 is 1.63 bits per heavy atom. The van der Waals surface area contributed by atoms with Gasteiger partial charge in [0, 0.05) is 0 Å². The van der Waals surface area contributed by atoms with Crippen molar-refractivity contribution in [1.29, 1.82) is 0 Å². The molecule has 178 valence electrons. The first-order valence-electron chi connectivity index (χ1n) is 12.1. The Morgan fingerprint density at radius 1 is 0.743 bits per heavy atom. The molecule has 2 bridgehead atoms. The van der Waals surface area contributed by atoms with Crippen LogP contribution in [0.2, 0.25) is 0 Å². The van der Waals surface area contributed by atoms with Crippen LogP contribution in [0.25, 0.3) is 0 Å². The lowest BCUT2D eigenvalue weighted by Gasteiger charge is -2.55. The Balaban J connectivity index is 1.42. The third kappa shape index (κ3) is 3.02. The van der Waals surface area contributed by atoms with E-state index < -0.39 is 20.5 Å². The van der Waals surface area contributed by atoms with Crippen LogP contribution in [0.3, 0.4) is 0 Å². The zero-order valence-electron chi connectivity index (χ0n) is 19.3. The quantitative estimate of drug-likeness (QED) is 0.182. The van der Waals surface area contributed by atoms with Gasteiger partial charge in [0.25, 0.3) is 0 Å². The number of unbranched alkanes of at least 4 members (excludes halogenated alkanes) is 2. The van der Waals surface area contributed by atoms with Gasteiger partial charge in [-0.1, -0.05) is 100 Å². The van der Waals surface area contributed by atoms with Crippen LogP contribution in [-0.4, -0.2) is 18.4 Å². The highest BCUT2D eigenvalue weighted by Crippen LogP contribution is 2.70. The van der Waals surface area contributed by atoms with E-state index in [9.17, 15) is 9.59 Å². The summed E-state index contributed by atoms with van der Waals surface area (Å²) < 4.78 is 4.28. The number of rotatable bonds is 6. The van der Waals surface area contributed by atoms with Crippen molar-refractivity contribution in [1.82, 2.24) is 0 Å². The smallest absolute Gasteiger partial charge is 0.239 e. The van der Waals surface area contributed by atoms with Crippen LogP contribution >= 0.6 is 31.9 Å². The van der Waals surface area contributed by atoms with Crippen molar-refractivity contribution in [3.05, 3.63) is 95.1 Å². The zero-order valence-corrected chi connectivity index (χ0v) is 22.5. The van der Waals surface area contributed by atoms with E-state index in [-0.39, 0.29) is 11.8 Å². The number of halogens is 2. The minimum atomic E-state index is -0.774. The first kappa shape index (κ1) is 23.0. The van der Waals surface area contributed by atoms with E-state index >= 15 is 0 Å². The molecule has 0 unspecified atom stereocenters. The number of amides is 2. The molecule has 7 rings (SSSR count). The molecule has 0 N–H and O–H groups in total. The van der Waals surface area contributed by atoms with Crippen LogP contribution in [0.15, 0.2) is 72.8 Å². The predicted molar refractivity (Wildman–Crippen MR) is 143 cm³/mol. The molecule has 3 aromatic rings. The lowest BCUT2D eigenvalue weighted by molar-refractivity contribution is -0.122. The van der Waals surface area contributed by atoms with Gasteiger partial charge >= 0.3 is 0 Å². The van der Waals surface area contributed by atoms with Crippen LogP contribution in [0, 0.1) is 11.8 Å². The summed E-state index contributed by atoms with van der Waals surface area (Å²) in [5.74, 6) is -0.744. The summed E-state index contributed by atoms with van der Waals surface area (Å²) in [5.41, 5.74) is 4.73. The van der Waals surface area contributed by atoms with Crippen LogP contribution < -0.4 is 9.64 Å². The summed E-state index contributed by atoms with van der Waals surface area (Å²) in [6.07, 6.45) is 3.28. The SMILES string of the molecule is CCCCCOc1ccc(N2C(=O)[C@@H]3[C@@H](C2=O)C2(Br)c4ccccc4C3(Br)c3ccccc32)cc1. The Bertz CT molecular complexity index is 1210. The van der Waals surface area contributed by atoms with Crippen molar-refractivity contribution >= 4 is 49.4 Å². The summed E-state index contributed by atoms with van der Waals surface area (Å²) in [5, 5.41) is 0. The van der Waals surface area contributed by atoms with Crippen LogP contribution in [0.1, 0.15) is 48.4 Å². The second-order valence-corrected chi connectivity index (χ2v) is 12.0. The number of anilines is 1. The number of ether oxygens (including phenoxy) is 1. The lowest BCUT2D eigenvalue weighted by Crippen LogP contribution is -2.56. The Kier molecular flexibility index (Phi) is 5.46. The molecule has 1 fully saturated rings. The Hall–Kier alpha value is -2.44. The minimum Gasteiger partial charge on any atom is -0.494 e. The monoisotopic (exact) mass is 593 g/mol. The molecule has 1 aliphatic heterocycles. The summed E-state index contributed by atoms with van der Waals surface area (Å²) in [7, 11) is 0. The second-order valence-electron chi connectivity index (χ2n) is 9.53. The number of benzene rings is 3. The van der Waals surface area contributed by atoms with E-state index in [0.29, 0.717) is 12.3 Å². The van der Waals surface area contributed by atoms with E-state index in [0.717, 1.165) is 47.3 Å². The fourth-order valence-electron chi connectivity index (χ4n) is 6.16. The van der Waals surface area contributed by atoms with Gasteiger partial charge in [-0.05, 0) is 52.9 Å². The second kappa shape index (κ2) is 8.31. The number of carbonyl (C=O) groups excluding carboxylic acids is 2. The molecule has 2 amide bonds. The Labute approximate surface area is 221 Å². The van der Waals surface area contributed by atoms with Crippen LogP contribution in [0.5, 0.6) is 5.75 Å². The predicted octanol–water partition coefficient (Wildman–Crippen LogP) is 6.67. The van der Waals surface area contributed by atoms with E-state index in [1.54, 1.807) is 0 Å². The molecule has 0 spiro atoms. The van der Waals surface area contributed by atoms with E-state index in [1.807, 2.05) is 48.5 Å². The number of carbonyl (C=O) groups is 2. The average Bonchev–Trinajstić information content (AvgIpc) is 3.16. The summed E-state index contributed by atoms with van der Waals surface area (Å²) in [4.78, 5) is 29.5.